The van der Waals surface area contributed by atoms with E-state index in [1.165, 1.54) is 10.8 Å². The summed E-state index contributed by atoms with van der Waals surface area (Å²) < 4.78 is 20.4. The van der Waals surface area contributed by atoms with E-state index in [2.05, 4.69) is 36.2 Å². The highest BCUT2D eigenvalue weighted by atomic mass is 32.2. The van der Waals surface area contributed by atoms with Crippen LogP contribution in [0.15, 0.2) is 114 Å². The summed E-state index contributed by atoms with van der Waals surface area (Å²) in [5.74, 6) is 0.745. The first kappa shape index (κ1) is 31.0. The quantitative estimate of drug-likeness (QED) is 0.111. The molecule has 0 radical (unpaired) electrons. The lowest BCUT2D eigenvalue weighted by Gasteiger charge is -2.36. The molecule has 1 fully saturated rings. The lowest BCUT2D eigenvalue weighted by molar-refractivity contribution is -0.245. The van der Waals surface area contributed by atoms with Gasteiger partial charge in [0.25, 0.3) is 0 Å². The fourth-order valence-electron chi connectivity index (χ4n) is 5.19. The van der Waals surface area contributed by atoms with Gasteiger partial charge < -0.3 is 24.6 Å². The Balaban J connectivity index is 1.20. The van der Waals surface area contributed by atoms with Gasteiger partial charge in [0.1, 0.15) is 6.61 Å². The fourth-order valence-corrected chi connectivity index (χ4v) is 7.30. The molecule has 1 saturated heterocycles. The molecule has 7 nitrogen and oxygen atoms in total. The summed E-state index contributed by atoms with van der Waals surface area (Å²) >= 11 is 3.42. The summed E-state index contributed by atoms with van der Waals surface area (Å²) in [7, 11) is 0. The van der Waals surface area contributed by atoms with Crippen LogP contribution >= 0.6 is 23.1 Å². The van der Waals surface area contributed by atoms with Gasteiger partial charge in [-0.3, -0.25) is 0 Å². The maximum Gasteiger partial charge on any atom is 0.407 e. The van der Waals surface area contributed by atoms with Gasteiger partial charge in [0.2, 0.25) is 0 Å². The van der Waals surface area contributed by atoms with Crippen molar-refractivity contribution in [2.45, 2.75) is 42.4 Å². The van der Waals surface area contributed by atoms with Crippen molar-refractivity contribution in [1.82, 2.24) is 10.3 Å². The lowest BCUT2D eigenvalue weighted by atomic mass is 9.99. The second-order valence-electron chi connectivity index (χ2n) is 10.7. The molecule has 1 aliphatic rings. The van der Waals surface area contributed by atoms with Crippen LogP contribution in [0.4, 0.5) is 4.79 Å². The summed E-state index contributed by atoms with van der Waals surface area (Å²) in [6.45, 7) is 4.08. The summed E-state index contributed by atoms with van der Waals surface area (Å²) in [4.78, 5) is 16.7. The maximum atomic E-state index is 11.9. The molecule has 0 bridgehead atoms. The summed E-state index contributed by atoms with van der Waals surface area (Å²) in [5.41, 5.74) is 6.85. The molecule has 1 aliphatic heterocycles. The predicted octanol–water partition coefficient (Wildman–Crippen LogP) is 8.21. The zero-order valence-corrected chi connectivity index (χ0v) is 26.3. The van der Waals surface area contributed by atoms with E-state index in [4.69, 9.17) is 19.2 Å². The molecule has 230 valence electrons. The number of hydrogen-bond donors (Lipinski definition) is 2. The van der Waals surface area contributed by atoms with Crippen molar-refractivity contribution >= 4 is 39.4 Å². The molecule has 45 heavy (non-hydrogen) atoms. The lowest BCUT2D eigenvalue weighted by Crippen LogP contribution is -2.31. The van der Waals surface area contributed by atoms with Crippen LogP contribution in [0.3, 0.4) is 0 Å². The number of ether oxygens (including phenoxy) is 3. The van der Waals surface area contributed by atoms with Gasteiger partial charge in [-0.05, 0) is 52.1 Å². The molecule has 2 heterocycles. The monoisotopic (exact) mass is 638 g/mol. The third-order valence-electron chi connectivity index (χ3n) is 7.47. The van der Waals surface area contributed by atoms with Gasteiger partial charge >= 0.3 is 6.09 Å². The normalized spacial score (nSPS) is 18.0. The smallest absolute Gasteiger partial charge is 0.407 e. The molecule has 0 aliphatic carbocycles. The highest BCUT2D eigenvalue weighted by molar-refractivity contribution is 8.01. The number of fused-ring (bicyclic) bond motifs is 1. The zero-order valence-electron chi connectivity index (χ0n) is 24.6. The van der Waals surface area contributed by atoms with Crippen LogP contribution in [0.25, 0.3) is 21.3 Å². The maximum absolute atomic E-state index is 11.9. The molecule has 0 spiro atoms. The first-order valence-corrected chi connectivity index (χ1v) is 16.6. The Kier molecular flexibility index (Phi) is 10.2. The number of para-hydroxylation sites is 1. The van der Waals surface area contributed by atoms with E-state index in [0.717, 1.165) is 49.0 Å². The van der Waals surface area contributed by atoms with Gasteiger partial charge in [-0.15, -0.1) is 11.3 Å². The highest BCUT2D eigenvalue weighted by Crippen LogP contribution is 2.41. The number of carbonyl (C=O) groups is 1. The Labute approximate surface area is 270 Å². The van der Waals surface area contributed by atoms with E-state index >= 15 is 0 Å². The van der Waals surface area contributed by atoms with Crippen molar-refractivity contribution < 1.29 is 24.1 Å². The van der Waals surface area contributed by atoms with Gasteiger partial charge in [-0.1, -0.05) is 97.2 Å². The van der Waals surface area contributed by atoms with E-state index in [-0.39, 0.29) is 25.4 Å². The Hall–Kier alpha value is -3.99. The second kappa shape index (κ2) is 14.9. The number of nitrogens with one attached hydrogen (secondary N) is 1. The second-order valence-corrected chi connectivity index (χ2v) is 13.0. The van der Waals surface area contributed by atoms with Crippen molar-refractivity contribution in [3.05, 3.63) is 132 Å². The average molecular weight is 639 g/mol. The number of thioether (sulfide) groups is 1. The molecule has 6 rings (SSSR count). The van der Waals surface area contributed by atoms with E-state index in [0.29, 0.717) is 13.0 Å². The Morgan fingerprint density at radius 3 is 2.58 bits per heavy atom. The van der Waals surface area contributed by atoms with Gasteiger partial charge in [0.05, 0.1) is 29.0 Å². The number of amides is 1. The van der Waals surface area contributed by atoms with Gasteiger partial charge in [-0.2, -0.15) is 0 Å². The molecule has 1 aromatic heterocycles. The largest absolute Gasteiger partial charge is 0.445 e. The number of hydrogen-bond acceptors (Lipinski definition) is 8. The number of rotatable bonds is 11. The van der Waals surface area contributed by atoms with Crippen LogP contribution in [-0.2, 0) is 27.4 Å². The van der Waals surface area contributed by atoms with E-state index < -0.39 is 12.4 Å². The number of benzene rings is 4. The number of carbonyl (C=O) groups excluding carboxylic acids is 1. The fraction of sp³-hybridized carbons (Fsp3) is 0.222. The molecule has 0 unspecified atom stereocenters. The third kappa shape index (κ3) is 8.00. The SMILES string of the molecule is C=CCOC(=O)NCc1cccc(-c2cccc([C@@H]3O[C@H](CSc4nc5ccccc5s4)C[C@H](c4ccc(CO)cc4)O3)c2)c1. The van der Waals surface area contributed by atoms with Crippen molar-refractivity contribution in [3.63, 3.8) is 0 Å². The minimum atomic E-state index is -0.563. The first-order chi connectivity index (χ1) is 22.1. The summed E-state index contributed by atoms with van der Waals surface area (Å²) in [5, 5.41) is 12.3. The van der Waals surface area contributed by atoms with Crippen molar-refractivity contribution in [1.29, 1.82) is 0 Å². The van der Waals surface area contributed by atoms with Crippen LogP contribution in [0.1, 0.15) is 41.1 Å². The Morgan fingerprint density at radius 2 is 1.78 bits per heavy atom. The van der Waals surface area contributed by atoms with Gasteiger partial charge in [-0.25, -0.2) is 9.78 Å². The molecule has 1 amide bonds. The third-order valence-corrected chi connectivity index (χ3v) is 9.78. The van der Waals surface area contributed by atoms with Crippen molar-refractivity contribution in [3.8, 4) is 11.1 Å². The zero-order chi connectivity index (χ0) is 31.0. The molecular formula is C36H34N2O5S2. The molecule has 4 aromatic carbocycles. The topological polar surface area (TPSA) is 89.9 Å². The Bertz CT molecular complexity index is 1720. The molecule has 0 saturated carbocycles. The number of thiazole rings is 1. The van der Waals surface area contributed by atoms with Gasteiger partial charge in [0.15, 0.2) is 10.6 Å². The van der Waals surface area contributed by atoms with Gasteiger partial charge in [0, 0.05) is 24.3 Å². The summed E-state index contributed by atoms with van der Waals surface area (Å²) in [6, 6.07) is 32.4. The minimum Gasteiger partial charge on any atom is -0.445 e. The van der Waals surface area contributed by atoms with E-state index in [1.54, 1.807) is 23.1 Å². The van der Waals surface area contributed by atoms with Crippen LogP contribution in [0, 0.1) is 0 Å². The Morgan fingerprint density at radius 1 is 0.978 bits per heavy atom. The van der Waals surface area contributed by atoms with Crippen LogP contribution < -0.4 is 5.32 Å². The molecule has 9 heteroatoms. The van der Waals surface area contributed by atoms with E-state index in [9.17, 15) is 9.90 Å². The average Bonchev–Trinajstić information content (AvgIpc) is 3.52. The van der Waals surface area contributed by atoms with E-state index in [1.807, 2.05) is 72.8 Å². The van der Waals surface area contributed by atoms with Crippen molar-refractivity contribution in [2.75, 3.05) is 12.4 Å². The molecule has 3 atom stereocenters. The number of aromatic nitrogens is 1. The molecular weight excluding hydrogens is 605 g/mol. The number of aliphatic hydroxyl groups is 1. The predicted molar refractivity (Wildman–Crippen MR) is 179 cm³/mol. The van der Waals surface area contributed by atoms with Crippen LogP contribution in [-0.4, -0.2) is 34.6 Å². The first-order valence-electron chi connectivity index (χ1n) is 14.8. The summed E-state index contributed by atoms with van der Waals surface area (Å²) in [6.07, 6.45) is 0.957. The minimum absolute atomic E-state index is 0.00240. The standard InChI is InChI=1S/C36H34N2O5S2/c1-2-17-41-35(40)37-21-25-7-5-8-27(18-25)28-9-6-10-29(19-28)34-42-30(20-32(43-34)26-15-13-24(22-39)14-16-26)23-44-36-38-31-11-3-4-12-33(31)45-36/h2-16,18-19,30,32,34,39H,1,17,20-23H2,(H,37,40)/t30-,32+,34+/m0/s1. The number of alkyl carbamates (subject to hydrolysis) is 1. The molecule has 5 aromatic rings. The van der Waals surface area contributed by atoms with Crippen LogP contribution in [0.2, 0.25) is 0 Å². The van der Waals surface area contributed by atoms with Crippen LogP contribution in [0.5, 0.6) is 0 Å². The number of nitrogens with zero attached hydrogens (tertiary/aromatic N) is 1. The molecule has 2 N–H and O–H groups in total. The van der Waals surface area contributed by atoms with Crippen molar-refractivity contribution in [2.24, 2.45) is 0 Å². The number of aliphatic hydroxyl groups excluding tert-OH is 1. The highest BCUT2D eigenvalue weighted by Gasteiger charge is 2.32.